The van der Waals surface area contributed by atoms with Crippen molar-refractivity contribution in [3.63, 3.8) is 0 Å². The number of carbonyl (C=O) groups excluding carboxylic acids is 1. The highest BCUT2D eigenvalue weighted by atomic mass is 16.5. The minimum absolute atomic E-state index is 0.161. The summed E-state index contributed by atoms with van der Waals surface area (Å²) in [4.78, 5) is 13.1. The fourth-order valence-corrected chi connectivity index (χ4v) is 2.23. The van der Waals surface area contributed by atoms with Gasteiger partial charge in [-0.25, -0.2) is 0 Å². The Bertz CT molecular complexity index is 203. The summed E-state index contributed by atoms with van der Waals surface area (Å²) in [6, 6.07) is 0. The van der Waals surface area contributed by atoms with E-state index >= 15 is 0 Å². The molecule has 0 bridgehead atoms. The van der Waals surface area contributed by atoms with Gasteiger partial charge in [0.25, 0.3) is 0 Å². The van der Waals surface area contributed by atoms with Crippen LogP contribution in [0.2, 0.25) is 0 Å². The minimum atomic E-state index is 0.161. The number of methoxy groups -OCH3 is 1. The van der Waals surface area contributed by atoms with Gasteiger partial charge in [-0.1, -0.05) is 13.8 Å². The molecule has 0 saturated carbocycles. The van der Waals surface area contributed by atoms with E-state index in [2.05, 4.69) is 13.8 Å². The maximum Gasteiger partial charge on any atom is 0.219 e. The van der Waals surface area contributed by atoms with Crippen LogP contribution in [0.4, 0.5) is 0 Å². The van der Waals surface area contributed by atoms with Gasteiger partial charge < -0.3 is 9.64 Å². The molecule has 0 radical (unpaired) electrons. The first-order valence-electron chi connectivity index (χ1n) is 5.34. The average molecular weight is 199 g/mol. The third-order valence-electron chi connectivity index (χ3n) is 3.21. The topological polar surface area (TPSA) is 29.5 Å². The van der Waals surface area contributed by atoms with Gasteiger partial charge in [0, 0.05) is 27.1 Å². The first-order valence-corrected chi connectivity index (χ1v) is 5.34. The van der Waals surface area contributed by atoms with Gasteiger partial charge in [0.2, 0.25) is 5.91 Å². The van der Waals surface area contributed by atoms with Crippen LogP contribution in [-0.2, 0) is 9.53 Å². The van der Waals surface area contributed by atoms with E-state index in [4.69, 9.17) is 4.74 Å². The summed E-state index contributed by atoms with van der Waals surface area (Å²) in [5.41, 5.74) is 0. The Morgan fingerprint density at radius 1 is 1.50 bits per heavy atom. The van der Waals surface area contributed by atoms with Crippen molar-refractivity contribution in [3.05, 3.63) is 0 Å². The second-order valence-electron chi connectivity index (χ2n) is 4.44. The lowest BCUT2D eigenvalue weighted by Gasteiger charge is -2.39. The fourth-order valence-electron chi connectivity index (χ4n) is 2.23. The molecular weight excluding hydrogens is 178 g/mol. The van der Waals surface area contributed by atoms with Crippen LogP contribution in [-0.4, -0.2) is 37.1 Å². The predicted octanol–water partition coefficient (Wildman–Crippen LogP) is 1.53. The van der Waals surface area contributed by atoms with E-state index in [1.165, 1.54) is 0 Å². The lowest BCUT2D eigenvalue weighted by Crippen LogP contribution is -2.48. The summed E-state index contributed by atoms with van der Waals surface area (Å²) in [5, 5.41) is 0. The molecule has 0 aliphatic carbocycles. The molecule has 1 aliphatic heterocycles. The van der Waals surface area contributed by atoms with Crippen LogP contribution in [0.1, 0.15) is 27.2 Å². The van der Waals surface area contributed by atoms with E-state index < -0.39 is 0 Å². The van der Waals surface area contributed by atoms with E-state index in [1.54, 1.807) is 14.0 Å². The molecule has 1 amide bonds. The second-order valence-corrected chi connectivity index (χ2v) is 4.44. The van der Waals surface area contributed by atoms with Crippen molar-refractivity contribution in [2.24, 2.45) is 11.8 Å². The number of hydrogen-bond donors (Lipinski definition) is 0. The summed E-state index contributed by atoms with van der Waals surface area (Å²) in [6.45, 7) is 7.72. The third kappa shape index (κ3) is 2.47. The summed E-state index contributed by atoms with van der Waals surface area (Å²) < 4.78 is 5.45. The largest absolute Gasteiger partial charge is 0.379 e. The number of amides is 1. The molecule has 1 aliphatic rings. The van der Waals surface area contributed by atoms with Crippen LogP contribution in [0.3, 0.4) is 0 Å². The maximum absolute atomic E-state index is 11.2. The Kier molecular flexibility index (Phi) is 3.93. The zero-order valence-electron chi connectivity index (χ0n) is 9.62. The smallest absolute Gasteiger partial charge is 0.219 e. The number of rotatable bonds is 2. The highest BCUT2D eigenvalue weighted by Gasteiger charge is 2.31. The van der Waals surface area contributed by atoms with Crippen LogP contribution in [0.5, 0.6) is 0 Å². The van der Waals surface area contributed by atoms with E-state index in [0.717, 1.165) is 19.5 Å². The van der Waals surface area contributed by atoms with Crippen LogP contribution in [0.25, 0.3) is 0 Å². The second kappa shape index (κ2) is 4.78. The monoisotopic (exact) mass is 199 g/mol. The van der Waals surface area contributed by atoms with Gasteiger partial charge in [0.15, 0.2) is 0 Å². The molecule has 0 spiro atoms. The molecule has 0 aromatic carbocycles. The molecule has 0 N–H and O–H groups in total. The van der Waals surface area contributed by atoms with E-state index in [0.29, 0.717) is 11.8 Å². The Morgan fingerprint density at radius 3 is 2.57 bits per heavy atom. The zero-order chi connectivity index (χ0) is 10.7. The summed E-state index contributed by atoms with van der Waals surface area (Å²) in [5.74, 6) is 1.39. The lowest BCUT2D eigenvalue weighted by atomic mass is 9.84. The molecule has 82 valence electrons. The van der Waals surface area contributed by atoms with Gasteiger partial charge in [-0.05, 0) is 18.3 Å². The summed E-state index contributed by atoms with van der Waals surface area (Å²) >= 11 is 0. The van der Waals surface area contributed by atoms with Crippen LogP contribution >= 0.6 is 0 Å². The van der Waals surface area contributed by atoms with Gasteiger partial charge in [-0.15, -0.1) is 0 Å². The van der Waals surface area contributed by atoms with Crippen LogP contribution in [0.15, 0.2) is 0 Å². The van der Waals surface area contributed by atoms with E-state index in [-0.39, 0.29) is 12.0 Å². The predicted molar refractivity (Wildman–Crippen MR) is 56.0 cm³/mol. The zero-order valence-corrected chi connectivity index (χ0v) is 9.62. The van der Waals surface area contributed by atoms with Gasteiger partial charge in [0.1, 0.15) is 0 Å². The average Bonchev–Trinajstić information content (AvgIpc) is 2.16. The third-order valence-corrected chi connectivity index (χ3v) is 3.21. The van der Waals surface area contributed by atoms with Crippen molar-refractivity contribution < 1.29 is 9.53 Å². The lowest BCUT2D eigenvalue weighted by molar-refractivity contribution is -0.134. The summed E-state index contributed by atoms with van der Waals surface area (Å²) in [7, 11) is 1.74. The van der Waals surface area contributed by atoms with Crippen molar-refractivity contribution in [2.45, 2.75) is 33.3 Å². The molecule has 2 atom stereocenters. The number of nitrogens with zero attached hydrogens (tertiary/aromatic N) is 1. The molecular formula is C11H21NO2. The first-order chi connectivity index (χ1) is 6.56. The normalized spacial score (nSPS) is 28.2. The number of hydrogen-bond acceptors (Lipinski definition) is 2. The van der Waals surface area contributed by atoms with Crippen molar-refractivity contribution >= 4 is 5.91 Å². The molecule has 14 heavy (non-hydrogen) atoms. The Morgan fingerprint density at radius 2 is 2.14 bits per heavy atom. The van der Waals surface area contributed by atoms with Gasteiger partial charge in [-0.3, -0.25) is 4.79 Å². The molecule has 2 unspecified atom stereocenters. The Balaban J connectivity index is 2.59. The molecule has 1 fully saturated rings. The molecule has 0 aromatic rings. The number of carbonyl (C=O) groups is 1. The van der Waals surface area contributed by atoms with Gasteiger partial charge in [-0.2, -0.15) is 0 Å². The molecule has 1 saturated heterocycles. The highest BCUT2D eigenvalue weighted by molar-refractivity contribution is 5.73. The van der Waals surface area contributed by atoms with Crippen LogP contribution in [0, 0.1) is 11.8 Å². The van der Waals surface area contributed by atoms with Crippen molar-refractivity contribution in [3.8, 4) is 0 Å². The van der Waals surface area contributed by atoms with Crippen molar-refractivity contribution in [1.82, 2.24) is 4.90 Å². The SMILES string of the molecule is COC1CN(C(C)=O)CCC1C(C)C. The standard InChI is InChI=1S/C11H21NO2/c1-8(2)10-5-6-12(9(3)13)7-11(10)14-4/h8,10-11H,5-7H2,1-4H3. The minimum Gasteiger partial charge on any atom is -0.379 e. The highest BCUT2D eigenvalue weighted by Crippen LogP contribution is 2.26. The first kappa shape index (κ1) is 11.5. The molecule has 3 nitrogen and oxygen atoms in total. The number of piperidine rings is 1. The quantitative estimate of drug-likeness (QED) is 0.675. The van der Waals surface area contributed by atoms with E-state index in [1.807, 2.05) is 4.90 Å². The van der Waals surface area contributed by atoms with Crippen LogP contribution < -0.4 is 0 Å². The molecule has 0 aromatic heterocycles. The molecule has 3 heteroatoms. The van der Waals surface area contributed by atoms with Gasteiger partial charge >= 0.3 is 0 Å². The number of ether oxygens (including phenoxy) is 1. The maximum atomic E-state index is 11.2. The van der Waals surface area contributed by atoms with Gasteiger partial charge in [0.05, 0.1) is 6.10 Å². The van der Waals surface area contributed by atoms with Crippen molar-refractivity contribution in [1.29, 1.82) is 0 Å². The molecule has 1 heterocycles. The van der Waals surface area contributed by atoms with E-state index in [9.17, 15) is 4.79 Å². The molecule has 1 rings (SSSR count). The Hall–Kier alpha value is -0.570. The Labute approximate surface area is 86.4 Å². The summed E-state index contributed by atoms with van der Waals surface area (Å²) in [6.07, 6.45) is 1.28. The number of likely N-dealkylation sites (tertiary alicyclic amines) is 1. The van der Waals surface area contributed by atoms with Crippen molar-refractivity contribution in [2.75, 3.05) is 20.2 Å². The fraction of sp³-hybridized carbons (Fsp3) is 0.909.